The average molecular weight is 418 g/mol. The number of benzene rings is 3. The molecule has 3 aromatic rings. The third kappa shape index (κ3) is 5.46. The van der Waals surface area contributed by atoms with Gasteiger partial charge < -0.3 is 4.74 Å². The maximum atomic E-state index is 11.3. The van der Waals surface area contributed by atoms with Gasteiger partial charge in [0.15, 0.2) is 0 Å². The molecule has 0 aliphatic rings. The smallest absolute Gasteiger partial charge is 0.305 e. The Hall–Kier alpha value is -2.70. The maximum Gasteiger partial charge on any atom is 0.305 e. The molecule has 0 spiro atoms. The fourth-order valence-corrected chi connectivity index (χ4v) is 8.10. The van der Waals surface area contributed by atoms with E-state index in [9.17, 15) is 4.79 Å². The van der Waals surface area contributed by atoms with Crippen molar-refractivity contribution in [1.82, 2.24) is 0 Å². The molecule has 0 N–H and O–H groups in total. The second kappa shape index (κ2) is 11.5. The van der Waals surface area contributed by atoms with Crippen molar-refractivity contribution in [3.05, 3.63) is 103 Å². The lowest BCUT2D eigenvalue weighted by molar-refractivity contribution is -0.140. The molecular formula is C27H30O2P+. The first-order valence-electron chi connectivity index (χ1n) is 10.5. The molecule has 3 heteroatoms. The van der Waals surface area contributed by atoms with Gasteiger partial charge in [0, 0.05) is 12.8 Å². The number of hydrogen-bond donors (Lipinski definition) is 0. The second-order valence-electron chi connectivity index (χ2n) is 7.27. The zero-order chi connectivity index (χ0) is 21.1. The van der Waals surface area contributed by atoms with Crippen LogP contribution in [0.2, 0.25) is 0 Å². The third-order valence-electron chi connectivity index (χ3n) is 5.37. The van der Waals surface area contributed by atoms with Crippen LogP contribution in [0.15, 0.2) is 103 Å². The molecule has 0 radical (unpaired) electrons. The van der Waals surface area contributed by atoms with Crippen LogP contribution < -0.4 is 15.9 Å². The zero-order valence-corrected chi connectivity index (χ0v) is 18.5. The van der Waals surface area contributed by atoms with Gasteiger partial charge in [0.05, 0.1) is 13.3 Å². The summed E-state index contributed by atoms with van der Waals surface area (Å²) in [6.07, 6.45) is 8.79. The van der Waals surface area contributed by atoms with Crippen molar-refractivity contribution in [3.63, 3.8) is 0 Å². The summed E-state index contributed by atoms with van der Waals surface area (Å²) in [5, 5.41) is 4.25. The molecule has 0 amide bonds. The van der Waals surface area contributed by atoms with Gasteiger partial charge >= 0.3 is 5.97 Å². The van der Waals surface area contributed by atoms with Gasteiger partial charge in [-0.1, -0.05) is 66.7 Å². The van der Waals surface area contributed by atoms with Crippen LogP contribution in [0.5, 0.6) is 0 Å². The largest absolute Gasteiger partial charge is 0.469 e. The Labute approximate surface area is 181 Å². The highest BCUT2D eigenvalue weighted by atomic mass is 31.2. The summed E-state index contributed by atoms with van der Waals surface area (Å²) in [6, 6.07) is 32.9. The Morgan fingerprint density at radius 1 is 0.733 bits per heavy atom. The van der Waals surface area contributed by atoms with Gasteiger partial charge in [-0.2, -0.15) is 0 Å². The summed E-state index contributed by atoms with van der Waals surface area (Å²) in [5.74, 6) is -0.134. The Balaban J connectivity index is 1.87. The van der Waals surface area contributed by atoms with Crippen LogP contribution in [-0.4, -0.2) is 19.2 Å². The molecule has 0 aliphatic heterocycles. The molecule has 2 nitrogen and oxygen atoms in total. The van der Waals surface area contributed by atoms with Gasteiger partial charge in [-0.15, -0.1) is 0 Å². The van der Waals surface area contributed by atoms with E-state index in [1.54, 1.807) is 0 Å². The number of carbonyl (C=O) groups excluding carboxylic acids is 1. The van der Waals surface area contributed by atoms with Crippen molar-refractivity contribution in [2.75, 3.05) is 13.3 Å². The summed E-state index contributed by atoms with van der Waals surface area (Å²) >= 11 is 0. The number of ether oxygens (including phenoxy) is 1. The van der Waals surface area contributed by atoms with Gasteiger partial charge in [0.25, 0.3) is 0 Å². The SMILES string of the molecule is COC(=O)CCCC=CCC[P+](c1ccccc1)(c1ccccc1)c1ccccc1. The Morgan fingerprint density at radius 3 is 1.60 bits per heavy atom. The zero-order valence-electron chi connectivity index (χ0n) is 17.6. The van der Waals surface area contributed by atoms with Crippen molar-refractivity contribution >= 4 is 29.1 Å². The number of hydrogen-bond acceptors (Lipinski definition) is 2. The second-order valence-corrected chi connectivity index (χ2v) is 10.9. The third-order valence-corrected chi connectivity index (χ3v) is 9.84. The fourth-order valence-electron chi connectivity index (χ4n) is 3.85. The number of carbonyl (C=O) groups is 1. The monoisotopic (exact) mass is 417 g/mol. The van der Waals surface area contributed by atoms with E-state index in [4.69, 9.17) is 4.74 Å². The predicted molar refractivity (Wildman–Crippen MR) is 130 cm³/mol. The van der Waals surface area contributed by atoms with Crippen LogP contribution >= 0.6 is 7.26 Å². The van der Waals surface area contributed by atoms with Crippen LogP contribution in [0, 0.1) is 0 Å². The van der Waals surface area contributed by atoms with E-state index >= 15 is 0 Å². The van der Waals surface area contributed by atoms with Crippen LogP contribution in [0.3, 0.4) is 0 Å². The molecule has 0 aliphatic carbocycles. The highest BCUT2D eigenvalue weighted by Crippen LogP contribution is 2.55. The van der Waals surface area contributed by atoms with Crippen molar-refractivity contribution in [2.45, 2.75) is 25.7 Å². The predicted octanol–water partition coefficient (Wildman–Crippen LogP) is 5.27. The molecule has 154 valence electrons. The summed E-state index contributed by atoms with van der Waals surface area (Å²) in [5.41, 5.74) is 0. The molecule has 0 heterocycles. The van der Waals surface area contributed by atoms with E-state index in [-0.39, 0.29) is 5.97 Å². The highest BCUT2D eigenvalue weighted by molar-refractivity contribution is 7.95. The molecule has 0 saturated heterocycles. The van der Waals surface area contributed by atoms with Gasteiger partial charge in [-0.05, 0) is 49.2 Å². The lowest BCUT2D eigenvalue weighted by Gasteiger charge is -2.27. The number of unbranched alkanes of at least 4 members (excludes halogenated alkanes) is 1. The minimum atomic E-state index is -1.75. The van der Waals surface area contributed by atoms with Gasteiger partial charge in [-0.25, -0.2) is 0 Å². The first-order valence-corrected chi connectivity index (χ1v) is 12.5. The van der Waals surface area contributed by atoms with E-state index in [2.05, 4.69) is 103 Å². The van der Waals surface area contributed by atoms with E-state index in [0.29, 0.717) is 6.42 Å². The molecule has 30 heavy (non-hydrogen) atoms. The van der Waals surface area contributed by atoms with Crippen molar-refractivity contribution in [2.24, 2.45) is 0 Å². The number of esters is 1. The molecule has 0 fully saturated rings. The maximum absolute atomic E-state index is 11.3. The minimum absolute atomic E-state index is 0.134. The molecule has 0 bridgehead atoms. The van der Waals surface area contributed by atoms with Gasteiger partial charge in [0.2, 0.25) is 0 Å². The van der Waals surface area contributed by atoms with Crippen LogP contribution in [0.4, 0.5) is 0 Å². The van der Waals surface area contributed by atoms with E-state index < -0.39 is 7.26 Å². The topological polar surface area (TPSA) is 26.3 Å². The summed E-state index contributed by atoms with van der Waals surface area (Å²) in [7, 11) is -0.312. The molecule has 0 unspecified atom stereocenters. The van der Waals surface area contributed by atoms with Crippen LogP contribution in [0.1, 0.15) is 25.7 Å². The number of rotatable bonds is 10. The van der Waals surface area contributed by atoms with Gasteiger partial charge in [-0.3, -0.25) is 4.79 Å². The lowest BCUT2D eigenvalue weighted by atomic mass is 10.2. The van der Waals surface area contributed by atoms with E-state index in [1.165, 1.54) is 23.0 Å². The quantitative estimate of drug-likeness (QED) is 0.194. The standard InChI is InChI=1S/C27H30O2P/c1-29-27(28)22-14-3-2-4-15-23-30(24-16-8-5-9-17-24,25-18-10-6-11-19-25)26-20-12-7-13-21-26/h2,4-13,16-21H,3,14-15,22-23H2,1H3/q+1. The molecule has 0 atom stereocenters. The molecule has 3 rings (SSSR count). The molecule has 0 aromatic heterocycles. The summed E-state index contributed by atoms with van der Waals surface area (Å²) in [4.78, 5) is 11.3. The van der Waals surface area contributed by atoms with Gasteiger partial charge in [0.1, 0.15) is 23.2 Å². The van der Waals surface area contributed by atoms with Crippen molar-refractivity contribution in [1.29, 1.82) is 0 Å². The highest BCUT2D eigenvalue weighted by Gasteiger charge is 2.44. The Kier molecular flexibility index (Phi) is 8.41. The number of methoxy groups -OCH3 is 1. The average Bonchev–Trinajstić information content (AvgIpc) is 2.82. The molecule has 3 aromatic carbocycles. The van der Waals surface area contributed by atoms with Crippen LogP contribution in [-0.2, 0) is 9.53 Å². The first-order chi connectivity index (χ1) is 14.8. The van der Waals surface area contributed by atoms with E-state index in [0.717, 1.165) is 25.4 Å². The van der Waals surface area contributed by atoms with E-state index in [1.807, 2.05) is 0 Å². The first kappa shape index (κ1) is 22.0. The van der Waals surface area contributed by atoms with Crippen molar-refractivity contribution in [3.8, 4) is 0 Å². The summed E-state index contributed by atoms with van der Waals surface area (Å²) in [6.45, 7) is 0. The Bertz CT molecular complexity index is 824. The molecular weight excluding hydrogens is 387 g/mol. The summed E-state index contributed by atoms with van der Waals surface area (Å²) < 4.78 is 4.71. The lowest BCUT2D eigenvalue weighted by Crippen LogP contribution is -2.33. The normalized spacial score (nSPS) is 11.5. The van der Waals surface area contributed by atoms with Crippen molar-refractivity contribution < 1.29 is 9.53 Å². The Morgan fingerprint density at radius 2 is 1.17 bits per heavy atom. The fraction of sp³-hybridized carbons (Fsp3) is 0.222. The minimum Gasteiger partial charge on any atom is -0.469 e. The number of allylic oxidation sites excluding steroid dienone is 2. The molecule has 0 saturated carbocycles. The van der Waals surface area contributed by atoms with Crippen LogP contribution in [0.25, 0.3) is 0 Å².